The maximum atomic E-state index is 13.5. The molecule has 1 amide bonds. The van der Waals surface area contributed by atoms with Gasteiger partial charge in [-0.25, -0.2) is 9.78 Å². The van der Waals surface area contributed by atoms with Gasteiger partial charge in [-0.15, -0.1) is 0 Å². The number of carbonyl (C=O) groups is 1. The van der Waals surface area contributed by atoms with Crippen LogP contribution in [0.1, 0.15) is 39.6 Å². The van der Waals surface area contributed by atoms with Crippen molar-refractivity contribution in [1.29, 1.82) is 0 Å². The molecular weight excluding hydrogens is 397 g/mol. The van der Waals surface area contributed by atoms with Crippen LogP contribution in [-0.4, -0.2) is 32.8 Å². The quantitative estimate of drug-likeness (QED) is 0.593. The lowest BCUT2D eigenvalue weighted by Gasteiger charge is -2.27. The third kappa shape index (κ3) is 5.08. The Labute approximate surface area is 171 Å². The minimum atomic E-state index is -4.54. The van der Waals surface area contributed by atoms with Crippen molar-refractivity contribution in [2.45, 2.75) is 45.5 Å². The summed E-state index contributed by atoms with van der Waals surface area (Å²) in [5, 5.41) is 2.32. The summed E-state index contributed by atoms with van der Waals surface area (Å²) in [5.41, 5.74) is 1.98. The van der Waals surface area contributed by atoms with Gasteiger partial charge in [0.1, 0.15) is 17.5 Å². The molecule has 3 rings (SSSR count). The summed E-state index contributed by atoms with van der Waals surface area (Å²) in [4.78, 5) is 23.4. The van der Waals surface area contributed by atoms with E-state index in [1.807, 2.05) is 18.2 Å². The van der Waals surface area contributed by atoms with Gasteiger partial charge in [-0.1, -0.05) is 13.0 Å². The Morgan fingerprint density at radius 1 is 1.10 bits per heavy atom. The number of imidazole rings is 1. The number of hydrogen-bond donors (Lipinski definition) is 2. The highest BCUT2D eigenvalue weighted by Crippen LogP contribution is 2.36. The monoisotopic (exact) mass is 420 g/mol. The van der Waals surface area contributed by atoms with E-state index in [4.69, 9.17) is 4.74 Å². The standard InChI is InChI=1S/C21H23F3N4O2/c1-12(21(22,23)24)17(28-19(29)30-20(2,3)4)18-26-15-6-5-14(11-16(15)27-18)13-7-9-25-10-8-13/h5-12,17H,1-4H3,(H,26,27)(H,28,29). The summed E-state index contributed by atoms with van der Waals surface area (Å²) in [7, 11) is 0. The fraction of sp³-hybridized carbons (Fsp3) is 0.381. The average molecular weight is 420 g/mol. The average Bonchev–Trinajstić information content (AvgIpc) is 3.07. The van der Waals surface area contributed by atoms with Gasteiger partial charge in [0, 0.05) is 12.4 Å². The van der Waals surface area contributed by atoms with Crippen molar-refractivity contribution in [2.24, 2.45) is 5.92 Å². The molecule has 6 nitrogen and oxygen atoms in total. The van der Waals surface area contributed by atoms with E-state index in [1.54, 1.807) is 45.3 Å². The molecule has 2 aromatic heterocycles. The fourth-order valence-corrected chi connectivity index (χ4v) is 2.95. The maximum absolute atomic E-state index is 13.5. The van der Waals surface area contributed by atoms with Crippen LogP contribution in [0, 0.1) is 5.92 Å². The Bertz CT molecular complexity index is 1030. The Morgan fingerprint density at radius 2 is 1.77 bits per heavy atom. The highest BCUT2D eigenvalue weighted by atomic mass is 19.4. The minimum absolute atomic E-state index is 0.00700. The molecule has 0 spiro atoms. The first-order valence-corrected chi connectivity index (χ1v) is 9.40. The van der Waals surface area contributed by atoms with Crippen LogP contribution in [0.4, 0.5) is 18.0 Å². The number of ether oxygens (including phenoxy) is 1. The zero-order chi connectivity index (χ0) is 22.1. The molecule has 0 saturated carbocycles. The van der Waals surface area contributed by atoms with Crippen molar-refractivity contribution in [1.82, 2.24) is 20.3 Å². The number of hydrogen-bond acceptors (Lipinski definition) is 4. The molecular formula is C21H23F3N4O2. The summed E-state index contributed by atoms with van der Waals surface area (Å²) in [6.07, 6.45) is -2.17. The van der Waals surface area contributed by atoms with E-state index in [-0.39, 0.29) is 5.82 Å². The molecule has 0 aliphatic rings. The number of benzene rings is 1. The van der Waals surface area contributed by atoms with Crippen LogP contribution in [0.15, 0.2) is 42.7 Å². The second kappa shape index (κ2) is 7.97. The molecule has 160 valence electrons. The van der Waals surface area contributed by atoms with Crippen molar-refractivity contribution in [3.8, 4) is 11.1 Å². The molecule has 0 aliphatic heterocycles. The third-order valence-electron chi connectivity index (χ3n) is 4.50. The van der Waals surface area contributed by atoms with Gasteiger partial charge in [-0.2, -0.15) is 13.2 Å². The number of alkyl halides is 3. The lowest BCUT2D eigenvalue weighted by molar-refractivity contribution is -0.178. The van der Waals surface area contributed by atoms with Crippen molar-refractivity contribution in [3.05, 3.63) is 48.5 Å². The molecule has 2 heterocycles. The van der Waals surface area contributed by atoms with E-state index < -0.39 is 29.8 Å². The topological polar surface area (TPSA) is 79.9 Å². The van der Waals surface area contributed by atoms with E-state index in [2.05, 4.69) is 20.3 Å². The van der Waals surface area contributed by atoms with Crippen molar-refractivity contribution >= 4 is 17.1 Å². The summed E-state index contributed by atoms with van der Waals surface area (Å²) in [5.74, 6) is -1.88. The first-order chi connectivity index (χ1) is 13.9. The third-order valence-corrected chi connectivity index (χ3v) is 4.50. The summed E-state index contributed by atoms with van der Waals surface area (Å²) >= 11 is 0. The molecule has 0 aliphatic carbocycles. The molecule has 0 radical (unpaired) electrons. The van der Waals surface area contributed by atoms with Gasteiger partial charge >= 0.3 is 12.3 Å². The van der Waals surface area contributed by atoms with Crippen LogP contribution in [-0.2, 0) is 4.74 Å². The van der Waals surface area contributed by atoms with Crippen LogP contribution in [0.5, 0.6) is 0 Å². The highest BCUT2D eigenvalue weighted by molar-refractivity contribution is 5.82. The summed E-state index contributed by atoms with van der Waals surface area (Å²) < 4.78 is 45.6. The first-order valence-electron chi connectivity index (χ1n) is 9.40. The SMILES string of the molecule is CC(C(NC(=O)OC(C)(C)C)c1nc2ccc(-c3ccncc3)cc2[nH]1)C(F)(F)F. The second-order valence-corrected chi connectivity index (χ2v) is 8.04. The first kappa shape index (κ1) is 21.6. The molecule has 9 heteroatoms. The van der Waals surface area contributed by atoms with Gasteiger partial charge < -0.3 is 15.0 Å². The van der Waals surface area contributed by atoms with Crippen LogP contribution >= 0.6 is 0 Å². The Hall–Kier alpha value is -3.10. The molecule has 3 aromatic rings. The largest absolute Gasteiger partial charge is 0.444 e. The van der Waals surface area contributed by atoms with Crippen molar-refractivity contribution in [3.63, 3.8) is 0 Å². The van der Waals surface area contributed by atoms with E-state index >= 15 is 0 Å². The lowest BCUT2D eigenvalue weighted by Crippen LogP contribution is -2.41. The summed E-state index contributed by atoms with van der Waals surface area (Å²) in [6, 6.07) is 7.56. The van der Waals surface area contributed by atoms with Gasteiger partial charge in [0.15, 0.2) is 0 Å². The van der Waals surface area contributed by atoms with Gasteiger partial charge in [0.2, 0.25) is 0 Å². The van der Waals surface area contributed by atoms with E-state index in [9.17, 15) is 18.0 Å². The van der Waals surface area contributed by atoms with E-state index in [1.165, 1.54) is 0 Å². The molecule has 2 unspecified atom stereocenters. The number of aromatic amines is 1. The minimum Gasteiger partial charge on any atom is -0.444 e. The number of nitrogens with zero attached hydrogens (tertiary/aromatic N) is 2. The lowest BCUT2D eigenvalue weighted by atomic mass is 10.0. The molecule has 30 heavy (non-hydrogen) atoms. The number of aromatic nitrogens is 3. The van der Waals surface area contributed by atoms with Gasteiger partial charge in [-0.3, -0.25) is 4.98 Å². The predicted octanol–water partition coefficient (Wildman–Crippen LogP) is 5.39. The second-order valence-electron chi connectivity index (χ2n) is 8.04. The summed E-state index contributed by atoms with van der Waals surface area (Å²) in [6.45, 7) is 5.90. The molecule has 2 atom stereocenters. The number of rotatable bonds is 4. The van der Waals surface area contributed by atoms with Crippen molar-refractivity contribution in [2.75, 3.05) is 0 Å². The van der Waals surface area contributed by atoms with E-state index in [0.717, 1.165) is 18.1 Å². The normalized spacial score (nSPS) is 14.4. The van der Waals surface area contributed by atoms with E-state index in [0.29, 0.717) is 11.0 Å². The number of carbonyl (C=O) groups excluding carboxylic acids is 1. The Balaban J connectivity index is 1.96. The Morgan fingerprint density at radius 3 is 2.37 bits per heavy atom. The highest BCUT2D eigenvalue weighted by Gasteiger charge is 2.44. The van der Waals surface area contributed by atoms with Crippen LogP contribution < -0.4 is 5.32 Å². The number of alkyl carbamates (subject to hydrolysis) is 1. The Kier molecular flexibility index (Phi) is 5.74. The van der Waals surface area contributed by atoms with Crippen LogP contribution in [0.3, 0.4) is 0 Å². The van der Waals surface area contributed by atoms with Gasteiger partial charge in [0.05, 0.1) is 17.0 Å². The van der Waals surface area contributed by atoms with Gasteiger partial charge in [-0.05, 0) is 56.2 Å². The molecule has 0 bridgehead atoms. The molecule has 0 saturated heterocycles. The number of nitrogens with one attached hydrogen (secondary N) is 2. The number of halogens is 3. The van der Waals surface area contributed by atoms with Crippen LogP contribution in [0.25, 0.3) is 22.2 Å². The van der Waals surface area contributed by atoms with Crippen LogP contribution in [0.2, 0.25) is 0 Å². The zero-order valence-corrected chi connectivity index (χ0v) is 17.0. The number of fused-ring (bicyclic) bond motifs is 1. The maximum Gasteiger partial charge on any atom is 0.408 e. The van der Waals surface area contributed by atoms with Gasteiger partial charge in [0.25, 0.3) is 0 Å². The molecule has 2 N–H and O–H groups in total. The predicted molar refractivity (Wildman–Crippen MR) is 107 cm³/mol. The number of amides is 1. The smallest absolute Gasteiger partial charge is 0.408 e. The molecule has 1 aromatic carbocycles. The van der Waals surface area contributed by atoms with Crippen molar-refractivity contribution < 1.29 is 22.7 Å². The number of H-pyrrole nitrogens is 1. The fourth-order valence-electron chi connectivity index (χ4n) is 2.95. The molecule has 0 fully saturated rings. The zero-order valence-electron chi connectivity index (χ0n) is 17.0. The number of pyridine rings is 1.